The Bertz CT molecular complexity index is 1010. The fraction of sp³-hybridized carbons (Fsp3) is 0.474. The lowest BCUT2D eigenvalue weighted by Gasteiger charge is -2.24. The molecule has 1 aliphatic rings. The first-order chi connectivity index (χ1) is 13.5. The second-order valence-corrected chi connectivity index (χ2v) is 7.74. The molecule has 3 aromatic heterocycles. The summed E-state index contributed by atoms with van der Waals surface area (Å²) in [6.45, 7) is 8.33. The topological polar surface area (TPSA) is 97.9 Å². The van der Waals surface area contributed by atoms with E-state index in [9.17, 15) is 4.79 Å². The molecular formula is C19H22N6O2S. The largest absolute Gasteiger partial charge is 0.361 e. The van der Waals surface area contributed by atoms with Crippen LogP contribution in [-0.2, 0) is 6.42 Å². The fourth-order valence-electron chi connectivity index (χ4n) is 3.79. The van der Waals surface area contributed by atoms with E-state index in [1.54, 1.807) is 0 Å². The van der Waals surface area contributed by atoms with Gasteiger partial charge in [-0.15, -0.1) is 5.10 Å². The second-order valence-electron chi connectivity index (χ2n) is 6.98. The normalized spacial score (nSPS) is 16.7. The third kappa shape index (κ3) is 3.19. The smallest absolute Gasteiger partial charge is 0.268 e. The molecule has 1 saturated heterocycles. The standard InChI is InChI=1S/C19H22N6O2S/c1-5-13-18(28-24-22-13)19(26)25-8-6-7-16(25)14-9-15(21-12(4)20-14)17-10(2)23-27-11(17)3/h9,16H,5-8H2,1-4H3/t16-/m0/s1. The van der Waals surface area contributed by atoms with Gasteiger partial charge in [0.05, 0.1) is 34.4 Å². The van der Waals surface area contributed by atoms with Crippen LogP contribution in [0, 0.1) is 20.8 Å². The van der Waals surface area contributed by atoms with Crippen molar-refractivity contribution >= 4 is 17.4 Å². The zero-order valence-corrected chi connectivity index (χ0v) is 17.2. The molecule has 0 unspecified atom stereocenters. The summed E-state index contributed by atoms with van der Waals surface area (Å²) in [5.41, 5.74) is 4.08. The molecular weight excluding hydrogens is 376 g/mol. The van der Waals surface area contributed by atoms with Crippen molar-refractivity contribution in [2.45, 2.75) is 53.0 Å². The van der Waals surface area contributed by atoms with Gasteiger partial charge in [-0.2, -0.15) is 0 Å². The van der Waals surface area contributed by atoms with E-state index in [1.165, 1.54) is 11.5 Å². The van der Waals surface area contributed by atoms with Crippen LogP contribution in [0.3, 0.4) is 0 Å². The molecule has 0 aromatic carbocycles. The van der Waals surface area contributed by atoms with E-state index in [0.717, 1.165) is 46.9 Å². The molecule has 0 bridgehead atoms. The maximum Gasteiger partial charge on any atom is 0.268 e. The highest BCUT2D eigenvalue weighted by Crippen LogP contribution is 2.35. The van der Waals surface area contributed by atoms with Crippen LogP contribution in [0.4, 0.5) is 0 Å². The number of aromatic nitrogens is 5. The maximum absolute atomic E-state index is 13.2. The van der Waals surface area contributed by atoms with Crippen LogP contribution >= 0.6 is 11.5 Å². The van der Waals surface area contributed by atoms with Crippen LogP contribution in [0.1, 0.15) is 64.1 Å². The van der Waals surface area contributed by atoms with Gasteiger partial charge in [0.25, 0.3) is 5.91 Å². The number of rotatable bonds is 4. The average molecular weight is 398 g/mol. The Labute approximate surface area is 167 Å². The van der Waals surface area contributed by atoms with Gasteiger partial charge in [-0.05, 0) is 57.6 Å². The quantitative estimate of drug-likeness (QED) is 0.664. The van der Waals surface area contributed by atoms with Crippen LogP contribution in [0.5, 0.6) is 0 Å². The van der Waals surface area contributed by atoms with Crippen molar-refractivity contribution in [3.63, 3.8) is 0 Å². The van der Waals surface area contributed by atoms with Gasteiger partial charge in [0.2, 0.25) is 0 Å². The van der Waals surface area contributed by atoms with Gasteiger partial charge >= 0.3 is 0 Å². The van der Waals surface area contributed by atoms with Crippen molar-refractivity contribution in [2.75, 3.05) is 6.54 Å². The summed E-state index contributed by atoms with van der Waals surface area (Å²) in [7, 11) is 0. The van der Waals surface area contributed by atoms with Crippen molar-refractivity contribution < 1.29 is 9.32 Å². The van der Waals surface area contributed by atoms with Gasteiger partial charge in [-0.25, -0.2) is 9.97 Å². The Morgan fingerprint density at radius 1 is 1.32 bits per heavy atom. The van der Waals surface area contributed by atoms with Crippen LogP contribution < -0.4 is 0 Å². The molecule has 1 fully saturated rings. The molecule has 3 aromatic rings. The molecule has 28 heavy (non-hydrogen) atoms. The van der Waals surface area contributed by atoms with E-state index < -0.39 is 0 Å². The Morgan fingerprint density at radius 2 is 2.14 bits per heavy atom. The molecule has 0 radical (unpaired) electrons. The molecule has 0 saturated carbocycles. The van der Waals surface area contributed by atoms with Crippen molar-refractivity contribution in [1.82, 2.24) is 29.6 Å². The van der Waals surface area contributed by atoms with Crippen LogP contribution in [0.2, 0.25) is 0 Å². The lowest BCUT2D eigenvalue weighted by molar-refractivity contribution is 0.0736. The summed E-state index contributed by atoms with van der Waals surface area (Å²) < 4.78 is 9.27. The Morgan fingerprint density at radius 3 is 2.86 bits per heavy atom. The first kappa shape index (κ1) is 18.7. The predicted octanol–water partition coefficient (Wildman–Crippen LogP) is 3.45. The highest BCUT2D eigenvalue weighted by atomic mass is 32.1. The third-order valence-electron chi connectivity index (χ3n) is 5.09. The number of carbonyl (C=O) groups excluding carboxylic acids is 1. The summed E-state index contributed by atoms with van der Waals surface area (Å²) >= 11 is 1.17. The minimum atomic E-state index is -0.0831. The van der Waals surface area contributed by atoms with E-state index in [1.807, 2.05) is 38.7 Å². The van der Waals surface area contributed by atoms with Gasteiger partial charge in [0, 0.05) is 6.54 Å². The van der Waals surface area contributed by atoms with Crippen LogP contribution in [0.15, 0.2) is 10.6 Å². The molecule has 4 rings (SSSR count). The van der Waals surface area contributed by atoms with Crippen LogP contribution in [0.25, 0.3) is 11.3 Å². The minimum Gasteiger partial charge on any atom is -0.361 e. The number of amides is 1. The molecule has 0 N–H and O–H groups in total. The summed E-state index contributed by atoms with van der Waals surface area (Å²) in [6, 6.07) is 1.88. The average Bonchev–Trinajstić information content (AvgIpc) is 3.40. The number of aryl methyl sites for hydroxylation is 4. The van der Waals surface area contributed by atoms with Gasteiger partial charge in [0.15, 0.2) is 0 Å². The molecule has 4 heterocycles. The maximum atomic E-state index is 13.2. The Hall–Kier alpha value is -2.68. The van der Waals surface area contributed by atoms with Gasteiger partial charge in [0.1, 0.15) is 16.5 Å². The summed E-state index contributed by atoms with van der Waals surface area (Å²) in [6.07, 6.45) is 2.50. The second kappa shape index (κ2) is 7.38. The Kier molecular flexibility index (Phi) is 4.92. The minimum absolute atomic E-state index is 0.00972. The third-order valence-corrected chi connectivity index (χ3v) is 5.84. The molecule has 1 amide bonds. The number of carbonyl (C=O) groups is 1. The molecule has 8 nitrogen and oxygen atoms in total. The lowest BCUT2D eigenvalue weighted by Crippen LogP contribution is -2.31. The van der Waals surface area contributed by atoms with Crippen molar-refractivity contribution in [1.29, 1.82) is 0 Å². The van der Waals surface area contributed by atoms with E-state index >= 15 is 0 Å². The van der Waals surface area contributed by atoms with Gasteiger partial charge in [-0.1, -0.05) is 16.6 Å². The summed E-state index contributed by atoms with van der Waals surface area (Å²) in [4.78, 5) is 24.9. The molecule has 146 valence electrons. The number of hydrogen-bond acceptors (Lipinski definition) is 8. The zero-order chi connectivity index (χ0) is 19.8. The van der Waals surface area contributed by atoms with Crippen molar-refractivity contribution in [3.8, 4) is 11.3 Å². The monoisotopic (exact) mass is 398 g/mol. The Balaban J connectivity index is 1.71. The summed E-state index contributed by atoms with van der Waals surface area (Å²) in [5.74, 6) is 1.38. The first-order valence-electron chi connectivity index (χ1n) is 9.40. The SMILES string of the molecule is CCc1nnsc1C(=O)N1CCC[C@H]1c1cc(-c2c(C)noc2C)nc(C)n1. The lowest BCUT2D eigenvalue weighted by atomic mass is 10.1. The van der Waals surface area contributed by atoms with Gasteiger partial charge in [-0.3, -0.25) is 4.79 Å². The number of nitrogens with zero attached hydrogens (tertiary/aromatic N) is 6. The van der Waals surface area contributed by atoms with Crippen molar-refractivity contribution in [2.24, 2.45) is 0 Å². The van der Waals surface area contributed by atoms with E-state index in [4.69, 9.17) is 4.52 Å². The molecule has 1 aliphatic heterocycles. The highest BCUT2D eigenvalue weighted by Gasteiger charge is 2.34. The van der Waals surface area contributed by atoms with E-state index in [2.05, 4.69) is 24.7 Å². The molecule has 9 heteroatoms. The number of hydrogen-bond donors (Lipinski definition) is 0. The first-order valence-corrected chi connectivity index (χ1v) is 10.2. The van der Waals surface area contributed by atoms with Crippen molar-refractivity contribution in [3.05, 3.63) is 39.6 Å². The van der Waals surface area contributed by atoms with E-state index in [-0.39, 0.29) is 11.9 Å². The molecule has 0 spiro atoms. The summed E-state index contributed by atoms with van der Waals surface area (Å²) in [5, 5.41) is 8.12. The van der Waals surface area contributed by atoms with Gasteiger partial charge < -0.3 is 9.42 Å². The number of likely N-dealkylation sites (tertiary alicyclic amines) is 1. The fourth-order valence-corrected chi connectivity index (χ4v) is 4.50. The predicted molar refractivity (Wildman–Crippen MR) is 104 cm³/mol. The highest BCUT2D eigenvalue weighted by molar-refractivity contribution is 7.08. The zero-order valence-electron chi connectivity index (χ0n) is 16.4. The molecule has 1 atom stereocenters. The van der Waals surface area contributed by atoms with E-state index in [0.29, 0.717) is 23.7 Å². The van der Waals surface area contributed by atoms with Crippen LogP contribution in [-0.4, -0.2) is 42.1 Å². The molecule has 0 aliphatic carbocycles.